The molecule has 0 saturated carbocycles. The van der Waals surface area contributed by atoms with Crippen molar-refractivity contribution in [3.05, 3.63) is 23.9 Å². The fourth-order valence-electron chi connectivity index (χ4n) is 2.13. The number of halogens is 3. The number of rotatable bonds is 2. The van der Waals surface area contributed by atoms with Gasteiger partial charge in [-0.1, -0.05) is 0 Å². The summed E-state index contributed by atoms with van der Waals surface area (Å²) in [5, 5.41) is 0. The topological polar surface area (TPSA) is 51.4 Å². The molecule has 0 bridgehead atoms. The Morgan fingerprint density at radius 2 is 2.21 bits per heavy atom. The average Bonchev–Trinajstić information content (AvgIpc) is 2.37. The summed E-state index contributed by atoms with van der Waals surface area (Å²) in [6, 6.07) is 2.03. The van der Waals surface area contributed by atoms with E-state index < -0.39 is 11.7 Å². The number of anilines is 1. The second kappa shape index (κ2) is 5.34. The van der Waals surface area contributed by atoms with E-state index >= 15 is 0 Å². The zero-order valence-electron chi connectivity index (χ0n) is 10.5. The van der Waals surface area contributed by atoms with Crippen LogP contribution < -0.4 is 10.6 Å². The third-order valence-electron chi connectivity index (χ3n) is 2.99. The highest BCUT2D eigenvalue weighted by Crippen LogP contribution is 2.31. The lowest BCUT2D eigenvalue weighted by Gasteiger charge is -2.37. The van der Waals surface area contributed by atoms with Crippen molar-refractivity contribution in [3.8, 4) is 0 Å². The maximum Gasteiger partial charge on any atom is 0.416 e. The fraction of sp³-hybridized carbons (Fsp3) is 0.583. The molecule has 7 heteroatoms. The molecule has 2 unspecified atom stereocenters. The predicted molar refractivity (Wildman–Crippen MR) is 64.8 cm³/mol. The molecule has 2 heterocycles. The van der Waals surface area contributed by atoms with Crippen molar-refractivity contribution in [1.82, 2.24) is 4.98 Å². The van der Waals surface area contributed by atoms with Crippen molar-refractivity contribution >= 4 is 5.82 Å². The van der Waals surface area contributed by atoms with Gasteiger partial charge in [-0.25, -0.2) is 4.98 Å². The van der Waals surface area contributed by atoms with E-state index in [1.165, 1.54) is 6.20 Å². The van der Waals surface area contributed by atoms with Gasteiger partial charge in [-0.2, -0.15) is 13.2 Å². The molecule has 4 nitrogen and oxygen atoms in total. The Hall–Kier alpha value is -1.34. The molecule has 2 N–H and O–H groups in total. The van der Waals surface area contributed by atoms with Gasteiger partial charge in [-0.05, 0) is 19.1 Å². The standard InChI is InChI=1S/C12H16F3N3O/c1-8-6-18(7-10(5-16)19-8)11-4-9(2-3-17-11)12(13,14)15/h2-4,8,10H,5-7,16H2,1H3. The number of pyridine rings is 1. The molecule has 1 fully saturated rings. The van der Waals surface area contributed by atoms with Gasteiger partial charge in [-0.15, -0.1) is 0 Å². The van der Waals surface area contributed by atoms with Crippen molar-refractivity contribution in [2.24, 2.45) is 5.73 Å². The number of ether oxygens (including phenoxy) is 1. The van der Waals surface area contributed by atoms with Gasteiger partial charge >= 0.3 is 6.18 Å². The Morgan fingerprint density at radius 1 is 1.47 bits per heavy atom. The molecular formula is C12H16F3N3O. The van der Waals surface area contributed by atoms with Crippen LogP contribution in [0.2, 0.25) is 0 Å². The van der Waals surface area contributed by atoms with E-state index in [0.29, 0.717) is 25.5 Å². The zero-order chi connectivity index (χ0) is 14.0. The number of morpholine rings is 1. The number of alkyl halides is 3. The molecule has 0 radical (unpaired) electrons. The molecule has 19 heavy (non-hydrogen) atoms. The van der Waals surface area contributed by atoms with E-state index in [1.54, 1.807) is 4.90 Å². The molecule has 106 valence electrons. The van der Waals surface area contributed by atoms with Crippen LogP contribution in [-0.2, 0) is 10.9 Å². The molecule has 1 aliphatic rings. The van der Waals surface area contributed by atoms with E-state index in [0.717, 1.165) is 12.1 Å². The molecule has 1 aliphatic heterocycles. The first-order valence-corrected chi connectivity index (χ1v) is 6.04. The normalized spacial score (nSPS) is 24.6. The van der Waals surface area contributed by atoms with Crippen LogP contribution in [-0.4, -0.2) is 36.8 Å². The molecule has 0 spiro atoms. The number of hydrogen-bond acceptors (Lipinski definition) is 4. The lowest BCUT2D eigenvalue weighted by molar-refractivity contribution is -0.137. The van der Waals surface area contributed by atoms with Crippen LogP contribution in [0.4, 0.5) is 19.0 Å². The Morgan fingerprint density at radius 3 is 2.84 bits per heavy atom. The van der Waals surface area contributed by atoms with Crippen molar-refractivity contribution in [2.75, 3.05) is 24.5 Å². The molecule has 0 aliphatic carbocycles. The average molecular weight is 275 g/mol. The van der Waals surface area contributed by atoms with Gasteiger partial charge in [-0.3, -0.25) is 0 Å². The molecule has 1 saturated heterocycles. The molecule has 1 aromatic rings. The number of nitrogens with zero attached hydrogens (tertiary/aromatic N) is 2. The molecule has 0 amide bonds. The van der Waals surface area contributed by atoms with Crippen LogP contribution in [0.1, 0.15) is 12.5 Å². The molecular weight excluding hydrogens is 259 g/mol. The van der Waals surface area contributed by atoms with Crippen molar-refractivity contribution < 1.29 is 17.9 Å². The fourth-order valence-corrected chi connectivity index (χ4v) is 2.13. The number of aromatic nitrogens is 1. The largest absolute Gasteiger partial charge is 0.416 e. The smallest absolute Gasteiger partial charge is 0.370 e. The maximum atomic E-state index is 12.7. The summed E-state index contributed by atoms with van der Waals surface area (Å²) in [5.41, 5.74) is 4.86. The highest BCUT2D eigenvalue weighted by molar-refractivity contribution is 5.42. The first-order valence-electron chi connectivity index (χ1n) is 6.04. The lowest BCUT2D eigenvalue weighted by atomic mass is 10.2. The Bertz CT molecular complexity index is 438. The van der Waals surface area contributed by atoms with Crippen LogP contribution in [0, 0.1) is 0 Å². The monoisotopic (exact) mass is 275 g/mol. The first-order chi connectivity index (χ1) is 8.90. The zero-order valence-corrected chi connectivity index (χ0v) is 10.5. The van der Waals surface area contributed by atoms with Gasteiger partial charge in [0, 0.05) is 25.8 Å². The van der Waals surface area contributed by atoms with Gasteiger partial charge in [0.05, 0.1) is 17.8 Å². The van der Waals surface area contributed by atoms with E-state index in [-0.39, 0.29) is 12.2 Å². The summed E-state index contributed by atoms with van der Waals surface area (Å²) < 4.78 is 43.6. The van der Waals surface area contributed by atoms with Crippen LogP contribution in [0.3, 0.4) is 0 Å². The van der Waals surface area contributed by atoms with Crippen LogP contribution in [0.5, 0.6) is 0 Å². The van der Waals surface area contributed by atoms with E-state index in [2.05, 4.69) is 4.98 Å². The highest BCUT2D eigenvalue weighted by atomic mass is 19.4. The third kappa shape index (κ3) is 3.36. The third-order valence-corrected chi connectivity index (χ3v) is 2.99. The molecule has 1 aromatic heterocycles. The van der Waals surface area contributed by atoms with E-state index in [1.807, 2.05) is 6.92 Å². The Labute approximate surface area is 109 Å². The summed E-state index contributed by atoms with van der Waals surface area (Å²) >= 11 is 0. The minimum atomic E-state index is -4.36. The van der Waals surface area contributed by atoms with Gasteiger partial charge in [0.15, 0.2) is 0 Å². The van der Waals surface area contributed by atoms with Crippen LogP contribution in [0.15, 0.2) is 18.3 Å². The Kier molecular flexibility index (Phi) is 3.96. The predicted octanol–water partition coefficient (Wildman–Crippen LogP) is 1.65. The molecule has 2 atom stereocenters. The Balaban J connectivity index is 2.21. The summed E-state index contributed by atoms with van der Waals surface area (Å²) in [6.07, 6.45) is -3.45. The van der Waals surface area contributed by atoms with Crippen LogP contribution in [0.25, 0.3) is 0 Å². The second-order valence-electron chi connectivity index (χ2n) is 4.61. The van der Waals surface area contributed by atoms with Gasteiger partial charge in [0.25, 0.3) is 0 Å². The lowest BCUT2D eigenvalue weighted by Crippen LogP contribution is -2.49. The summed E-state index contributed by atoms with van der Waals surface area (Å²) in [7, 11) is 0. The summed E-state index contributed by atoms with van der Waals surface area (Å²) in [6.45, 7) is 3.15. The quantitative estimate of drug-likeness (QED) is 0.891. The van der Waals surface area contributed by atoms with E-state index in [4.69, 9.17) is 10.5 Å². The van der Waals surface area contributed by atoms with E-state index in [9.17, 15) is 13.2 Å². The summed E-state index contributed by atoms with van der Waals surface area (Å²) in [4.78, 5) is 5.79. The van der Waals surface area contributed by atoms with Crippen molar-refractivity contribution in [3.63, 3.8) is 0 Å². The van der Waals surface area contributed by atoms with Crippen molar-refractivity contribution in [2.45, 2.75) is 25.3 Å². The molecule has 2 rings (SSSR count). The van der Waals surface area contributed by atoms with Gasteiger partial charge in [0.1, 0.15) is 5.82 Å². The summed E-state index contributed by atoms with van der Waals surface area (Å²) in [5.74, 6) is 0.309. The first kappa shape index (κ1) is 14.1. The van der Waals surface area contributed by atoms with Crippen molar-refractivity contribution in [1.29, 1.82) is 0 Å². The molecule has 0 aromatic carbocycles. The highest BCUT2D eigenvalue weighted by Gasteiger charge is 2.32. The number of hydrogen-bond donors (Lipinski definition) is 1. The minimum absolute atomic E-state index is 0.0846. The number of nitrogens with two attached hydrogens (primary N) is 1. The minimum Gasteiger partial charge on any atom is -0.370 e. The van der Waals surface area contributed by atoms with Gasteiger partial charge in [0.2, 0.25) is 0 Å². The maximum absolute atomic E-state index is 12.7. The second-order valence-corrected chi connectivity index (χ2v) is 4.61. The van der Waals surface area contributed by atoms with Crippen LogP contribution >= 0.6 is 0 Å². The SMILES string of the molecule is CC1CN(c2cc(C(F)(F)F)ccn2)CC(CN)O1. The van der Waals surface area contributed by atoms with Gasteiger partial charge < -0.3 is 15.4 Å².